The SMILES string of the molecule is COC(=O)Cn1c(=NC(=O)c2ccc(OC)cc2)sc2cc(C)cc(C)c21. The summed E-state index contributed by atoms with van der Waals surface area (Å²) in [5.74, 6) is -0.106. The third kappa shape index (κ3) is 3.93. The third-order valence-electron chi connectivity index (χ3n) is 4.16. The van der Waals surface area contributed by atoms with Gasteiger partial charge in [-0.15, -0.1) is 0 Å². The number of fused-ring (bicyclic) bond motifs is 1. The van der Waals surface area contributed by atoms with E-state index in [1.54, 1.807) is 35.9 Å². The van der Waals surface area contributed by atoms with Crippen molar-refractivity contribution < 1.29 is 19.1 Å². The third-order valence-corrected chi connectivity index (χ3v) is 5.19. The number of carbonyl (C=O) groups is 2. The van der Waals surface area contributed by atoms with Crippen LogP contribution in [0.3, 0.4) is 0 Å². The summed E-state index contributed by atoms with van der Waals surface area (Å²) >= 11 is 1.38. The number of ether oxygens (including phenoxy) is 2. The molecule has 0 radical (unpaired) electrons. The summed E-state index contributed by atoms with van der Waals surface area (Å²) in [6.07, 6.45) is 0. The average Bonchev–Trinajstić information content (AvgIpc) is 2.98. The molecule has 0 saturated carbocycles. The molecule has 0 bridgehead atoms. The van der Waals surface area contributed by atoms with E-state index >= 15 is 0 Å². The summed E-state index contributed by atoms with van der Waals surface area (Å²) in [4.78, 5) is 29.3. The molecule has 0 spiro atoms. The first-order valence-corrected chi connectivity index (χ1v) is 9.15. The van der Waals surface area contributed by atoms with E-state index in [0.717, 1.165) is 21.3 Å². The molecule has 0 atom stereocenters. The van der Waals surface area contributed by atoms with Crippen LogP contribution in [0.2, 0.25) is 0 Å². The number of methoxy groups -OCH3 is 2. The fourth-order valence-corrected chi connectivity index (χ4v) is 4.11. The summed E-state index contributed by atoms with van der Waals surface area (Å²) in [5, 5.41) is 0. The minimum Gasteiger partial charge on any atom is -0.497 e. The van der Waals surface area contributed by atoms with Gasteiger partial charge in [-0.1, -0.05) is 17.4 Å². The van der Waals surface area contributed by atoms with E-state index < -0.39 is 5.97 Å². The van der Waals surface area contributed by atoms with Crippen molar-refractivity contribution in [3.05, 3.63) is 57.9 Å². The Balaban J connectivity index is 2.14. The van der Waals surface area contributed by atoms with Gasteiger partial charge in [0, 0.05) is 5.56 Å². The van der Waals surface area contributed by atoms with Crippen LogP contribution in [0.5, 0.6) is 5.75 Å². The highest BCUT2D eigenvalue weighted by atomic mass is 32.1. The van der Waals surface area contributed by atoms with Crippen molar-refractivity contribution in [2.24, 2.45) is 4.99 Å². The van der Waals surface area contributed by atoms with Gasteiger partial charge in [0.1, 0.15) is 12.3 Å². The first kappa shape index (κ1) is 18.8. The molecule has 3 rings (SSSR count). The molecule has 1 amide bonds. The molecule has 6 nitrogen and oxygen atoms in total. The second-order valence-electron chi connectivity index (χ2n) is 6.12. The molecule has 0 unspecified atom stereocenters. The normalized spacial score (nSPS) is 11.6. The number of aromatic nitrogens is 1. The maximum Gasteiger partial charge on any atom is 0.325 e. The summed E-state index contributed by atoms with van der Waals surface area (Å²) in [7, 11) is 2.91. The minimum absolute atomic E-state index is 0.00483. The Kier molecular flexibility index (Phi) is 5.41. The zero-order valence-corrected chi connectivity index (χ0v) is 16.4. The molecule has 1 aromatic heterocycles. The number of hydrogen-bond donors (Lipinski definition) is 0. The van der Waals surface area contributed by atoms with Gasteiger partial charge in [-0.25, -0.2) is 0 Å². The summed E-state index contributed by atoms with van der Waals surface area (Å²) in [6.45, 7) is 3.98. The van der Waals surface area contributed by atoms with Crippen LogP contribution in [0, 0.1) is 13.8 Å². The fourth-order valence-electron chi connectivity index (χ4n) is 2.90. The van der Waals surface area contributed by atoms with Gasteiger partial charge in [-0.3, -0.25) is 9.59 Å². The van der Waals surface area contributed by atoms with Crippen LogP contribution < -0.4 is 9.54 Å². The number of rotatable bonds is 4. The predicted octanol–water partition coefficient (Wildman–Crippen LogP) is 3.24. The van der Waals surface area contributed by atoms with Crippen molar-refractivity contribution in [2.75, 3.05) is 14.2 Å². The van der Waals surface area contributed by atoms with Gasteiger partial charge >= 0.3 is 5.97 Å². The first-order chi connectivity index (χ1) is 12.9. The van der Waals surface area contributed by atoms with Gasteiger partial charge in [-0.2, -0.15) is 4.99 Å². The Hall–Kier alpha value is -2.93. The van der Waals surface area contributed by atoms with E-state index in [-0.39, 0.29) is 12.5 Å². The van der Waals surface area contributed by atoms with Crippen LogP contribution in [0.1, 0.15) is 21.5 Å². The Morgan fingerprint density at radius 2 is 1.81 bits per heavy atom. The molecule has 7 heteroatoms. The van der Waals surface area contributed by atoms with Crippen molar-refractivity contribution in [2.45, 2.75) is 20.4 Å². The van der Waals surface area contributed by atoms with Crippen LogP contribution >= 0.6 is 11.3 Å². The fraction of sp³-hybridized carbons (Fsp3) is 0.250. The maximum atomic E-state index is 12.6. The lowest BCUT2D eigenvalue weighted by molar-refractivity contribution is -0.141. The summed E-state index contributed by atoms with van der Waals surface area (Å²) < 4.78 is 12.6. The molecular weight excluding hydrogens is 364 g/mol. The van der Waals surface area contributed by atoms with Crippen LogP contribution in [0.4, 0.5) is 0 Å². The van der Waals surface area contributed by atoms with Crippen LogP contribution in [-0.4, -0.2) is 30.7 Å². The molecule has 0 aliphatic carbocycles. The lowest BCUT2D eigenvalue weighted by Crippen LogP contribution is -2.22. The monoisotopic (exact) mass is 384 g/mol. The second kappa shape index (κ2) is 7.75. The van der Waals surface area contributed by atoms with Crippen molar-refractivity contribution in [1.29, 1.82) is 0 Å². The smallest absolute Gasteiger partial charge is 0.325 e. The summed E-state index contributed by atoms with van der Waals surface area (Å²) in [5.41, 5.74) is 3.46. The lowest BCUT2D eigenvalue weighted by Gasteiger charge is -2.06. The number of esters is 1. The highest BCUT2D eigenvalue weighted by molar-refractivity contribution is 7.16. The molecule has 0 aliphatic rings. The second-order valence-corrected chi connectivity index (χ2v) is 7.13. The van der Waals surface area contributed by atoms with Crippen molar-refractivity contribution in [1.82, 2.24) is 4.57 Å². The van der Waals surface area contributed by atoms with E-state index in [1.165, 1.54) is 18.4 Å². The molecule has 0 fully saturated rings. The van der Waals surface area contributed by atoms with E-state index in [4.69, 9.17) is 9.47 Å². The molecule has 27 heavy (non-hydrogen) atoms. The average molecular weight is 384 g/mol. The number of carbonyl (C=O) groups excluding carboxylic acids is 2. The van der Waals surface area contributed by atoms with Crippen molar-refractivity contribution >= 4 is 33.4 Å². The number of aryl methyl sites for hydroxylation is 2. The topological polar surface area (TPSA) is 69.9 Å². The van der Waals surface area contributed by atoms with E-state index in [9.17, 15) is 9.59 Å². The molecule has 0 N–H and O–H groups in total. The Morgan fingerprint density at radius 3 is 2.44 bits per heavy atom. The zero-order valence-electron chi connectivity index (χ0n) is 15.6. The molecule has 2 aromatic carbocycles. The highest BCUT2D eigenvalue weighted by Crippen LogP contribution is 2.23. The number of hydrogen-bond acceptors (Lipinski definition) is 5. The predicted molar refractivity (Wildman–Crippen MR) is 104 cm³/mol. The van der Waals surface area contributed by atoms with Gasteiger partial charge in [0.2, 0.25) is 0 Å². The molecule has 0 aliphatic heterocycles. The van der Waals surface area contributed by atoms with Crippen molar-refractivity contribution in [3.8, 4) is 5.75 Å². The van der Waals surface area contributed by atoms with Gasteiger partial charge in [0.15, 0.2) is 4.80 Å². The quantitative estimate of drug-likeness (QED) is 0.648. The van der Waals surface area contributed by atoms with Crippen LogP contribution in [-0.2, 0) is 16.1 Å². The molecule has 0 saturated heterocycles. The lowest BCUT2D eigenvalue weighted by atomic mass is 10.1. The number of amides is 1. The molecule has 140 valence electrons. The molecule has 1 heterocycles. The number of thiazole rings is 1. The van der Waals surface area contributed by atoms with Crippen LogP contribution in [0.15, 0.2) is 41.4 Å². The zero-order chi connectivity index (χ0) is 19.6. The standard InChI is InChI=1S/C20H20N2O4S/c1-12-9-13(2)18-16(10-12)27-20(22(18)11-17(23)26-4)21-19(24)14-5-7-15(25-3)8-6-14/h5-10H,11H2,1-4H3. The van der Waals surface area contributed by atoms with Gasteiger partial charge < -0.3 is 14.0 Å². The van der Waals surface area contributed by atoms with E-state index in [0.29, 0.717) is 16.1 Å². The molecular formula is C20H20N2O4S. The van der Waals surface area contributed by atoms with Gasteiger partial charge in [0.05, 0.1) is 24.4 Å². The number of nitrogens with zero attached hydrogens (tertiary/aromatic N) is 2. The van der Waals surface area contributed by atoms with E-state index in [1.807, 2.05) is 26.0 Å². The van der Waals surface area contributed by atoms with Gasteiger partial charge in [0.25, 0.3) is 5.91 Å². The van der Waals surface area contributed by atoms with E-state index in [2.05, 4.69) is 4.99 Å². The first-order valence-electron chi connectivity index (χ1n) is 8.33. The maximum absolute atomic E-state index is 12.6. The Labute approximate surface area is 160 Å². The highest BCUT2D eigenvalue weighted by Gasteiger charge is 2.14. The van der Waals surface area contributed by atoms with Crippen LogP contribution in [0.25, 0.3) is 10.2 Å². The number of benzene rings is 2. The molecule has 3 aromatic rings. The largest absolute Gasteiger partial charge is 0.497 e. The summed E-state index contributed by atoms with van der Waals surface area (Å²) in [6, 6.07) is 10.8. The minimum atomic E-state index is -0.395. The Morgan fingerprint density at radius 1 is 1.11 bits per heavy atom. The van der Waals surface area contributed by atoms with Gasteiger partial charge in [-0.05, 0) is 55.3 Å². The van der Waals surface area contributed by atoms with Crippen molar-refractivity contribution in [3.63, 3.8) is 0 Å². The Bertz CT molecular complexity index is 1080.